The van der Waals surface area contributed by atoms with Crippen LogP contribution in [0.5, 0.6) is 0 Å². The van der Waals surface area contributed by atoms with Crippen LogP contribution in [0.2, 0.25) is 0 Å². The lowest BCUT2D eigenvalue weighted by Crippen LogP contribution is -2.36. The van der Waals surface area contributed by atoms with Gasteiger partial charge in [-0.3, -0.25) is 0 Å². The minimum absolute atomic E-state index is 0.0421. The standard InChI is InChI=1S/C15H29NO3/c1-5-7-9-16(10-8-6-2)11-14(17)12-19-15(18)13(3)4/h14,17H,3,5-12H2,1-2,4H3. The molecule has 0 rings (SSSR count). The number of aliphatic hydroxyl groups is 1. The monoisotopic (exact) mass is 271 g/mol. The largest absolute Gasteiger partial charge is 0.460 e. The van der Waals surface area contributed by atoms with Crippen molar-refractivity contribution in [2.75, 3.05) is 26.2 Å². The second-order valence-electron chi connectivity index (χ2n) is 5.04. The molecule has 1 atom stereocenters. The van der Waals surface area contributed by atoms with Gasteiger partial charge in [0, 0.05) is 12.1 Å². The molecule has 0 heterocycles. The van der Waals surface area contributed by atoms with Crippen LogP contribution in [0.4, 0.5) is 0 Å². The first-order valence-electron chi connectivity index (χ1n) is 7.24. The van der Waals surface area contributed by atoms with Crippen LogP contribution in [0.15, 0.2) is 12.2 Å². The number of aliphatic hydroxyl groups excluding tert-OH is 1. The number of esters is 1. The Hall–Kier alpha value is -0.870. The third-order valence-electron chi connectivity index (χ3n) is 2.88. The van der Waals surface area contributed by atoms with E-state index in [1.54, 1.807) is 6.92 Å². The summed E-state index contributed by atoms with van der Waals surface area (Å²) >= 11 is 0. The van der Waals surface area contributed by atoms with Gasteiger partial charge in [0.15, 0.2) is 0 Å². The lowest BCUT2D eigenvalue weighted by Gasteiger charge is -2.24. The third kappa shape index (κ3) is 9.68. The zero-order valence-electron chi connectivity index (χ0n) is 12.7. The maximum atomic E-state index is 11.2. The molecule has 0 radical (unpaired) electrons. The Morgan fingerprint density at radius 1 is 1.26 bits per heavy atom. The molecule has 0 aliphatic carbocycles. The molecule has 0 saturated carbocycles. The fraction of sp³-hybridized carbons (Fsp3) is 0.800. The molecule has 1 N–H and O–H groups in total. The van der Waals surface area contributed by atoms with E-state index in [-0.39, 0.29) is 6.61 Å². The highest BCUT2D eigenvalue weighted by Gasteiger charge is 2.13. The second-order valence-corrected chi connectivity index (χ2v) is 5.04. The van der Waals surface area contributed by atoms with Gasteiger partial charge in [0.25, 0.3) is 0 Å². The quantitative estimate of drug-likeness (QED) is 0.463. The van der Waals surface area contributed by atoms with E-state index in [4.69, 9.17) is 4.74 Å². The van der Waals surface area contributed by atoms with Crippen LogP contribution >= 0.6 is 0 Å². The van der Waals surface area contributed by atoms with E-state index in [0.717, 1.165) is 38.8 Å². The summed E-state index contributed by atoms with van der Waals surface area (Å²) in [6, 6.07) is 0. The number of nitrogens with zero attached hydrogens (tertiary/aromatic N) is 1. The maximum Gasteiger partial charge on any atom is 0.333 e. The molecule has 0 amide bonds. The molecule has 0 saturated heterocycles. The Morgan fingerprint density at radius 2 is 1.79 bits per heavy atom. The highest BCUT2D eigenvalue weighted by Crippen LogP contribution is 2.02. The molecule has 4 nitrogen and oxygen atoms in total. The summed E-state index contributed by atoms with van der Waals surface area (Å²) in [4.78, 5) is 13.5. The predicted molar refractivity (Wildman–Crippen MR) is 78.0 cm³/mol. The lowest BCUT2D eigenvalue weighted by molar-refractivity contribution is -0.142. The number of hydrogen-bond acceptors (Lipinski definition) is 4. The van der Waals surface area contributed by atoms with Crippen LogP contribution in [-0.4, -0.2) is 48.3 Å². The van der Waals surface area contributed by atoms with Crippen LogP contribution in [0, 0.1) is 0 Å². The van der Waals surface area contributed by atoms with Crippen molar-refractivity contribution in [2.24, 2.45) is 0 Å². The molecule has 112 valence electrons. The fourth-order valence-corrected chi connectivity index (χ4v) is 1.70. The molecule has 0 aromatic carbocycles. The Kier molecular flexibility index (Phi) is 10.5. The molecule has 0 fully saturated rings. The van der Waals surface area contributed by atoms with Gasteiger partial charge in [0.2, 0.25) is 0 Å². The Morgan fingerprint density at radius 3 is 2.21 bits per heavy atom. The van der Waals surface area contributed by atoms with Gasteiger partial charge < -0.3 is 14.7 Å². The summed E-state index contributed by atoms with van der Waals surface area (Å²) in [5.74, 6) is -0.437. The summed E-state index contributed by atoms with van der Waals surface area (Å²) in [7, 11) is 0. The Balaban J connectivity index is 4.02. The van der Waals surface area contributed by atoms with Crippen molar-refractivity contribution < 1.29 is 14.6 Å². The Bertz CT molecular complexity index is 258. The molecule has 0 aromatic rings. The van der Waals surface area contributed by atoms with Crippen LogP contribution in [0.25, 0.3) is 0 Å². The molecular formula is C15H29NO3. The van der Waals surface area contributed by atoms with Crippen molar-refractivity contribution in [2.45, 2.75) is 52.6 Å². The van der Waals surface area contributed by atoms with Crippen molar-refractivity contribution >= 4 is 5.97 Å². The number of carbonyl (C=O) groups excluding carboxylic acids is 1. The Labute approximate surface area is 117 Å². The van der Waals surface area contributed by atoms with Crippen LogP contribution in [-0.2, 0) is 9.53 Å². The van der Waals surface area contributed by atoms with Crippen molar-refractivity contribution in [3.63, 3.8) is 0 Å². The van der Waals surface area contributed by atoms with Crippen LogP contribution in [0.1, 0.15) is 46.5 Å². The number of hydrogen-bond donors (Lipinski definition) is 1. The van der Waals surface area contributed by atoms with E-state index in [9.17, 15) is 9.90 Å². The molecule has 1 unspecified atom stereocenters. The van der Waals surface area contributed by atoms with Gasteiger partial charge in [-0.25, -0.2) is 4.79 Å². The second kappa shape index (κ2) is 11.0. The first-order valence-corrected chi connectivity index (χ1v) is 7.24. The summed E-state index contributed by atoms with van der Waals surface area (Å²) < 4.78 is 4.96. The first kappa shape index (κ1) is 18.1. The normalized spacial score (nSPS) is 12.5. The van der Waals surface area contributed by atoms with Crippen molar-refractivity contribution in [3.05, 3.63) is 12.2 Å². The minimum Gasteiger partial charge on any atom is -0.460 e. The molecular weight excluding hydrogens is 242 g/mol. The van der Waals surface area contributed by atoms with Gasteiger partial charge >= 0.3 is 5.97 Å². The molecule has 0 spiro atoms. The van der Waals surface area contributed by atoms with E-state index in [1.807, 2.05) is 0 Å². The highest BCUT2D eigenvalue weighted by atomic mass is 16.5. The summed E-state index contributed by atoms with van der Waals surface area (Å²) in [6.45, 7) is 12.0. The van der Waals surface area contributed by atoms with Gasteiger partial charge in [-0.15, -0.1) is 0 Å². The van der Waals surface area contributed by atoms with E-state index in [2.05, 4.69) is 25.3 Å². The molecule has 0 aromatic heterocycles. The van der Waals surface area contributed by atoms with Crippen molar-refractivity contribution in [3.8, 4) is 0 Å². The van der Waals surface area contributed by atoms with E-state index in [0.29, 0.717) is 12.1 Å². The zero-order chi connectivity index (χ0) is 14.7. The van der Waals surface area contributed by atoms with Gasteiger partial charge in [0.1, 0.15) is 12.7 Å². The van der Waals surface area contributed by atoms with Crippen LogP contribution in [0.3, 0.4) is 0 Å². The fourth-order valence-electron chi connectivity index (χ4n) is 1.70. The smallest absolute Gasteiger partial charge is 0.333 e. The van der Waals surface area contributed by atoms with E-state index >= 15 is 0 Å². The molecule has 19 heavy (non-hydrogen) atoms. The number of unbranched alkanes of at least 4 members (excludes halogenated alkanes) is 2. The van der Waals surface area contributed by atoms with Gasteiger partial charge in [-0.1, -0.05) is 33.3 Å². The average Bonchev–Trinajstić information content (AvgIpc) is 2.38. The highest BCUT2D eigenvalue weighted by molar-refractivity contribution is 5.86. The third-order valence-corrected chi connectivity index (χ3v) is 2.88. The van der Waals surface area contributed by atoms with Crippen LogP contribution < -0.4 is 0 Å². The summed E-state index contributed by atoms with van der Waals surface area (Å²) in [5.41, 5.74) is 0.362. The van der Waals surface area contributed by atoms with Crippen molar-refractivity contribution in [1.29, 1.82) is 0 Å². The predicted octanol–water partition coefficient (Wildman–Crippen LogP) is 2.37. The average molecular weight is 271 g/mol. The minimum atomic E-state index is -0.628. The number of rotatable bonds is 11. The molecule has 0 aliphatic heterocycles. The topological polar surface area (TPSA) is 49.8 Å². The van der Waals surface area contributed by atoms with E-state index < -0.39 is 12.1 Å². The first-order chi connectivity index (χ1) is 9.01. The summed E-state index contributed by atoms with van der Waals surface area (Å²) in [6.07, 6.45) is 3.91. The lowest BCUT2D eigenvalue weighted by atomic mass is 10.2. The van der Waals surface area contributed by atoms with E-state index in [1.165, 1.54) is 0 Å². The van der Waals surface area contributed by atoms with Crippen molar-refractivity contribution in [1.82, 2.24) is 4.90 Å². The number of ether oxygens (including phenoxy) is 1. The SMILES string of the molecule is C=C(C)C(=O)OCC(O)CN(CCCC)CCCC. The zero-order valence-corrected chi connectivity index (χ0v) is 12.7. The molecule has 4 heteroatoms. The molecule has 0 aliphatic rings. The van der Waals surface area contributed by atoms with Gasteiger partial charge in [-0.2, -0.15) is 0 Å². The molecule has 0 bridgehead atoms. The van der Waals surface area contributed by atoms with Gasteiger partial charge in [-0.05, 0) is 32.9 Å². The van der Waals surface area contributed by atoms with Gasteiger partial charge in [0.05, 0.1) is 0 Å². The maximum absolute atomic E-state index is 11.2. The summed E-state index contributed by atoms with van der Waals surface area (Å²) in [5, 5.41) is 9.90. The number of carbonyl (C=O) groups is 1.